The number of hydrogen-bond acceptors (Lipinski definition) is 6. The lowest BCUT2D eigenvalue weighted by Crippen LogP contribution is -2.46. The first kappa shape index (κ1) is 22.7. The molecule has 0 spiro atoms. The average Bonchev–Trinajstić information content (AvgIpc) is 3.42. The second-order valence-corrected chi connectivity index (χ2v) is 10.0. The van der Waals surface area contributed by atoms with Gasteiger partial charge in [0.2, 0.25) is 5.91 Å². The number of hydrogen-bond donors (Lipinski definition) is 1. The first-order valence-electron chi connectivity index (χ1n) is 10.5. The summed E-state index contributed by atoms with van der Waals surface area (Å²) in [5.74, 6) is -0.428. The molecule has 2 aromatic heterocycles. The smallest absolute Gasteiger partial charge is 0.301 e. The molecule has 2 heterocycles. The fraction of sp³-hybridized carbons (Fsp3) is 0.250. The summed E-state index contributed by atoms with van der Waals surface area (Å²) < 4.78 is 40.4. The van der Waals surface area contributed by atoms with Crippen LogP contribution in [0.5, 0.6) is 0 Å². The number of nitrogens with zero attached hydrogens (tertiary/aromatic N) is 2. The lowest BCUT2D eigenvalue weighted by Gasteiger charge is -2.40. The lowest BCUT2D eigenvalue weighted by atomic mass is 9.63. The fourth-order valence-corrected chi connectivity index (χ4v) is 5.63. The molecule has 2 aromatic carbocycles. The zero-order valence-electron chi connectivity index (χ0n) is 17.7. The molecule has 5 nitrogen and oxygen atoms in total. The van der Waals surface area contributed by atoms with Gasteiger partial charge < -0.3 is 5.32 Å². The number of nitrogens with one attached hydrogen (secondary N) is 1. The van der Waals surface area contributed by atoms with Gasteiger partial charge in [0.25, 0.3) is 0 Å². The highest BCUT2D eigenvalue weighted by Gasteiger charge is 2.46. The van der Waals surface area contributed by atoms with Crippen LogP contribution in [-0.4, -0.2) is 21.7 Å². The van der Waals surface area contributed by atoms with E-state index in [-0.39, 0.29) is 18.1 Å². The van der Waals surface area contributed by atoms with Crippen molar-refractivity contribution in [2.24, 2.45) is 0 Å². The zero-order valence-corrected chi connectivity index (χ0v) is 19.3. The molecule has 1 aliphatic rings. The van der Waals surface area contributed by atoms with Crippen LogP contribution < -0.4 is 5.32 Å². The Morgan fingerprint density at radius 3 is 2.62 bits per heavy atom. The Kier molecular flexibility index (Phi) is 5.73. The summed E-state index contributed by atoms with van der Waals surface area (Å²) in [6, 6.07) is 10.5. The average molecular weight is 502 g/mol. The number of alkyl halides is 3. The van der Waals surface area contributed by atoms with Crippen molar-refractivity contribution in [3.8, 4) is 0 Å². The van der Waals surface area contributed by atoms with E-state index in [4.69, 9.17) is 0 Å². The molecule has 1 fully saturated rings. The Morgan fingerprint density at radius 2 is 1.94 bits per heavy atom. The lowest BCUT2D eigenvalue weighted by molar-refractivity contribution is -0.138. The summed E-state index contributed by atoms with van der Waals surface area (Å²) >= 11 is 2.63. The number of anilines is 1. The number of amides is 1. The van der Waals surface area contributed by atoms with Crippen LogP contribution in [0.2, 0.25) is 0 Å². The highest BCUT2D eigenvalue weighted by atomic mass is 32.1. The molecule has 34 heavy (non-hydrogen) atoms. The maximum atomic E-state index is 13.2. The number of carbonyl (C=O) groups is 2. The van der Waals surface area contributed by atoms with E-state index in [0.717, 1.165) is 28.8 Å². The van der Waals surface area contributed by atoms with Gasteiger partial charge in [0.1, 0.15) is 5.69 Å². The van der Waals surface area contributed by atoms with Gasteiger partial charge in [-0.15, -0.1) is 11.3 Å². The van der Waals surface area contributed by atoms with Crippen LogP contribution in [0.4, 0.5) is 18.3 Å². The standard InChI is InChI=1S/C24H18F3N3O2S2/c25-24(26,27)16-4-1-3-15(11-16)23(7-2-8-23)21(32)30-22-29-17-6-5-14(10-20(17)34-22)9-19(31)18-12-33-13-28-18/h1,3-6,10-13H,2,7-9H2,(H,29,30,32). The van der Waals surface area contributed by atoms with Crippen LogP contribution in [0.3, 0.4) is 0 Å². The molecule has 5 rings (SSSR count). The fourth-order valence-electron chi connectivity index (χ4n) is 4.15. The molecule has 0 atom stereocenters. The number of benzene rings is 2. The molecule has 4 aromatic rings. The van der Waals surface area contributed by atoms with E-state index in [1.807, 2.05) is 12.1 Å². The second-order valence-electron chi connectivity index (χ2n) is 8.26. The predicted molar refractivity (Wildman–Crippen MR) is 125 cm³/mol. The molecule has 0 saturated heterocycles. The third-order valence-electron chi connectivity index (χ3n) is 6.14. The van der Waals surface area contributed by atoms with Crippen molar-refractivity contribution in [3.05, 3.63) is 75.7 Å². The van der Waals surface area contributed by atoms with Crippen LogP contribution in [0.25, 0.3) is 10.2 Å². The normalized spacial score (nSPS) is 15.1. The number of halogens is 3. The minimum absolute atomic E-state index is 0.0772. The van der Waals surface area contributed by atoms with E-state index in [1.165, 1.54) is 28.7 Å². The highest BCUT2D eigenvalue weighted by Crippen LogP contribution is 2.46. The van der Waals surface area contributed by atoms with E-state index in [0.29, 0.717) is 34.7 Å². The molecule has 1 N–H and O–H groups in total. The van der Waals surface area contributed by atoms with Crippen molar-refractivity contribution < 1.29 is 22.8 Å². The summed E-state index contributed by atoms with van der Waals surface area (Å²) in [6.45, 7) is 0. The molecule has 1 aliphatic carbocycles. The van der Waals surface area contributed by atoms with Crippen LogP contribution >= 0.6 is 22.7 Å². The number of aromatic nitrogens is 2. The summed E-state index contributed by atoms with van der Waals surface area (Å²) in [7, 11) is 0. The Labute approximate surface area is 200 Å². The summed E-state index contributed by atoms with van der Waals surface area (Å²) in [5.41, 5.74) is 2.15. The molecule has 0 unspecified atom stereocenters. The van der Waals surface area contributed by atoms with Gasteiger partial charge in [0, 0.05) is 11.8 Å². The first-order chi connectivity index (χ1) is 16.2. The maximum absolute atomic E-state index is 13.2. The third-order valence-corrected chi connectivity index (χ3v) is 7.66. The molecule has 10 heteroatoms. The van der Waals surface area contributed by atoms with Crippen molar-refractivity contribution in [2.75, 3.05) is 5.32 Å². The number of thiazole rings is 2. The topological polar surface area (TPSA) is 72.0 Å². The summed E-state index contributed by atoms with van der Waals surface area (Å²) in [4.78, 5) is 34.1. The monoisotopic (exact) mass is 501 g/mol. The van der Waals surface area contributed by atoms with Gasteiger partial charge in [0.15, 0.2) is 10.9 Å². The van der Waals surface area contributed by atoms with Gasteiger partial charge in [-0.05, 0) is 42.2 Å². The number of ketones is 1. The Balaban J connectivity index is 1.36. The Morgan fingerprint density at radius 1 is 1.12 bits per heavy atom. The molecular weight excluding hydrogens is 483 g/mol. The predicted octanol–water partition coefficient (Wildman–Crippen LogP) is 6.26. The highest BCUT2D eigenvalue weighted by molar-refractivity contribution is 7.22. The van der Waals surface area contributed by atoms with Gasteiger partial charge in [-0.3, -0.25) is 9.59 Å². The number of Topliss-reactive ketones (excluding diaryl/α,β-unsaturated/α-hetero) is 1. The number of carbonyl (C=O) groups excluding carboxylic acids is 2. The Bertz CT molecular complexity index is 1380. The SMILES string of the molecule is O=C(Cc1ccc2nc(NC(=O)C3(c4cccc(C(F)(F)F)c4)CCC3)sc2c1)c1cscn1. The maximum Gasteiger partial charge on any atom is 0.416 e. The largest absolute Gasteiger partial charge is 0.416 e. The minimum Gasteiger partial charge on any atom is -0.301 e. The zero-order chi connectivity index (χ0) is 23.9. The van der Waals surface area contributed by atoms with Gasteiger partial charge in [-0.25, -0.2) is 9.97 Å². The number of rotatable bonds is 6. The number of fused-ring (bicyclic) bond motifs is 1. The van der Waals surface area contributed by atoms with Gasteiger partial charge >= 0.3 is 6.18 Å². The van der Waals surface area contributed by atoms with Crippen molar-refractivity contribution in [3.63, 3.8) is 0 Å². The van der Waals surface area contributed by atoms with Crippen LogP contribution in [0, 0.1) is 0 Å². The third kappa shape index (κ3) is 4.23. The molecule has 174 valence electrons. The van der Waals surface area contributed by atoms with E-state index in [2.05, 4.69) is 15.3 Å². The summed E-state index contributed by atoms with van der Waals surface area (Å²) in [6.07, 6.45) is -2.54. The first-order valence-corrected chi connectivity index (χ1v) is 12.3. The van der Waals surface area contributed by atoms with Crippen molar-refractivity contribution in [1.82, 2.24) is 9.97 Å². The quantitative estimate of drug-likeness (QED) is 0.317. The molecule has 0 aliphatic heterocycles. The van der Waals surface area contributed by atoms with E-state index < -0.39 is 17.2 Å². The van der Waals surface area contributed by atoms with Crippen molar-refractivity contribution >= 4 is 49.7 Å². The van der Waals surface area contributed by atoms with Gasteiger partial charge in [0.05, 0.1) is 26.7 Å². The molecule has 0 bridgehead atoms. The van der Waals surface area contributed by atoms with Crippen LogP contribution in [-0.2, 0) is 22.8 Å². The van der Waals surface area contributed by atoms with Gasteiger partial charge in [-0.1, -0.05) is 42.0 Å². The Hall–Kier alpha value is -3.11. The van der Waals surface area contributed by atoms with Crippen LogP contribution in [0.1, 0.15) is 46.4 Å². The molecule has 1 saturated carbocycles. The minimum atomic E-state index is -4.47. The molecule has 1 amide bonds. The molecule has 0 radical (unpaired) electrons. The van der Waals surface area contributed by atoms with Crippen molar-refractivity contribution in [1.29, 1.82) is 0 Å². The molecular formula is C24H18F3N3O2S2. The van der Waals surface area contributed by atoms with E-state index in [9.17, 15) is 22.8 Å². The second kappa shape index (κ2) is 8.59. The summed E-state index contributed by atoms with van der Waals surface area (Å²) in [5, 5.41) is 4.91. The van der Waals surface area contributed by atoms with Crippen molar-refractivity contribution in [2.45, 2.75) is 37.3 Å². The van der Waals surface area contributed by atoms with E-state index in [1.54, 1.807) is 23.0 Å². The van der Waals surface area contributed by atoms with Crippen LogP contribution in [0.15, 0.2) is 53.4 Å². The van der Waals surface area contributed by atoms with E-state index >= 15 is 0 Å². The van der Waals surface area contributed by atoms with Gasteiger partial charge in [-0.2, -0.15) is 13.2 Å².